The van der Waals surface area contributed by atoms with Crippen LogP contribution in [0.15, 0.2) is 72.8 Å². The van der Waals surface area contributed by atoms with E-state index in [4.69, 9.17) is 16.3 Å². The van der Waals surface area contributed by atoms with Crippen LogP contribution >= 0.6 is 11.6 Å². The van der Waals surface area contributed by atoms with Crippen LogP contribution in [-0.2, 0) is 0 Å². The highest BCUT2D eigenvalue weighted by Crippen LogP contribution is 2.24. The van der Waals surface area contributed by atoms with Crippen LogP contribution in [0.4, 0.5) is 11.5 Å². The van der Waals surface area contributed by atoms with E-state index in [-0.39, 0.29) is 0 Å². The molecule has 0 saturated carbocycles. The molecule has 0 fully saturated rings. The number of aromatic nitrogens is 1. The molecule has 0 aliphatic heterocycles. The molecule has 3 nitrogen and oxygen atoms in total. The second kappa shape index (κ2) is 6.29. The largest absolute Gasteiger partial charge is 0.457 e. The Morgan fingerprint density at radius 1 is 0.762 bits per heavy atom. The van der Waals surface area contributed by atoms with Crippen molar-refractivity contribution in [1.82, 2.24) is 4.98 Å². The molecular formula is C17H13ClN2O. The lowest BCUT2D eigenvalue weighted by atomic mass is 10.3. The molecule has 21 heavy (non-hydrogen) atoms. The Labute approximate surface area is 128 Å². The lowest BCUT2D eigenvalue weighted by Gasteiger charge is -2.08. The van der Waals surface area contributed by atoms with Gasteiger partial charge in [0.05, 0.1) is 0 Å². The Balaban J connectivity index is 1.69. The van der Waals surface area contributed by atoms with Crippen molar-refractivity contribution in [2.45, 2.75) is 0 Å². The van der Waals surface area contributed by atoms with Crippen LogP contribution in [0.1, 0.15) is 0 Å². The molecule has 0 amide bonds. The Hall–Kier alpha value is -2.52. The quantitative estimate of drug-likeness (QED) is 0.666. The molecule has 0 bridgehead atoms. The van der Waals surface area contributed by atoms with Gasteiger partial charge in [-0.15, -0.1) is 0 Å². The van der Waals surface area contributed by atoms with Gasteiger partial charge >= 0.3 is 0 Å². The maximum atomic E-state index is 5.86. The molecule has 4 heteroatoms. The molecule has 0 saturated heterocycles. The number of para-hydroxylation sites is 1. The highest BCUT2D eigenvalue weighted by atomic mass is 35.5. The minimum atomic E-state index is 0.462. The van der Waals surface area contributed by atoms with Gasteiger partial charge in [0, 0.05) is 5.69 Å². The molecule has 1 aromatic heterocycles. The van der Waals surface area contributed by atoms with E-state index in [0.29, 0.717) is 11.0 Å². The first-order valence-corrected chi connectivity index (χ1v) is 6.90. The predicted molar refractivity (Wildman–Crippen MR) is 85.5 cm³/mol. The highest BCUT2D eigenvalue weighted by Gasteiger charge is 1.99. The van der Waals surface area contributed by atoms with Gasteiger partial charge < -0.3 is 10.1 Å². The van der Waals surface area contributed by atoms with Crippen molar-refractivity contribution in [1.29, 1.82) is 0 Å². The fourth-order valence-corrected chi connectivity index (χ4v) is 2.02. The average molecular weight is 297 g/mol. The number of ether oxygens (including phenoxy) is 1. The Bertz CT molecular complexity index is 714. The zero-order chi connectivity index (χ0) is 14.5. The summed E-state index contributed by atoms with van der Waals surface area (Å²) in [5.74, 6) is 2.31. The third-order valence-corrected chi connectivity index (χ3v) is 3.03. The van der Waals surface area contributed by atoms with Gasteiger partial charge in [-0.2, -0.15) is 0 Å². The number of nitrogens with one attached hydrogen (secondary N) is 1. The summed E-state index contributed by atoms with van der Waals surface area (Å²) in [4.78, 5) is 4.18. The lowest BCUT2D eigenvalue weighted by molar-refractivity contribution is 0.483. The minimum absolute atomic E-state index is 0.462. The number of anilines is 2. The van der Waals surface area contributed by atoms with E-state index in [1.807, 2.05) is 66.7 Å². The van der Waals surface area contributed by atoms with E-state index in [2.05, 4.69) is 10.3 Å². The van der Waals surface area contributed by atoms with Crippen LogP contribution in [-0.4, -0.2) is 4.98 Å². The number of rotatable bonds is 4. The van der Waals surface area contributed by atoms with Gasteiger partial charge in [-0.3, -0.25) is 0 Å². The van der Waals surface area contributed by atoms with Gasteiger partial charge in [0.25, 0.3) is 0 Å². The summed E-state index contributed by atoms with van der Waals surface area (Å²) >= 11 is 5.86. The van der Waals surface area contributed by atoms with E-state index in [9.17, 15) is 0 Å². The number of pyridine rings is 1. The second-order valence-electron chi connectivity index (χ2n) is 4.41. The van der Waals surface area contributed by atoms with Crippen molar-refractivity contribution >= 4 is 23.1 Å². The fourth-order valence-electron chi connectivity index (χ4n) is 1.86. The summed E-state index contributed by atoms with van der Waals surface area (Å²) in [5.41, 5.74) is 0.921. The van der Waals surface area contributed by atoms with Gasteiger partial charge in [-0.25, -0.2) is 4.98 Å². The summed E-state index contributed by atoms with van der Waals surface area (Å²) in [7, 11) is 0. The Morgan fingerprint density at radius 3 is 2.19 bits per heavy atom. The predicted octanol–water partition coefficient (Wildman–Crippen LogP) is 5.27. The summed E-state index contributed by atoms with van der Waals surface area (Å²) in [6, 6.07) is 22.8. The van der Waals surface area contributed by atoms with Crippen LogP contribution in [0.25, 0.3) is 0 Å². The number of benzene rings is 2. The first-order valence-electron chi connectivity index (χ1n) is 6.52. The van der Waals surface area contributed by atoms with E-state index in [1.54, 1.807) is 6.07 Å². The third-order valence-electron chi connectivity index (χ3n) is 2.82. The lowest BCUT2D eigenvalue weighted by Crippen LogP contribution is -1.93. The van der Waals surface area contributed by atoms with Gasteiger partial charge in [-0.1, -0.05) is 35.9 Å². The van der Waals surface area contributed by atoms with Gasteiger partial charge in [0.2, 0.25) is 0 Å². The standard InChI is InChI=1S/C17H13ClN2O/c18-16-7-4-8-17(20-16)19-13-9-11-15(12-10-13)21-14-5-2-1-3-6-14/h1-12H,(H,19,20). The van der Waals surface area contributed by atoms with Gasteiger partial charge in [0.15, 0.2) is 0 Å². The summed E-state index contributed by atoms with van der Waals surface area (Å²) in [5, 5.41) is 3.65. The molecule has 1 heterocycles. The first-order chi connectivity index (χ1) is 10.3. The maximum Gasteiger partial charge on any atom is 0.132 e. The molecule has 0 radical (unpaired) electrons. The molecule has 1 N–H and O–H groups in total. The van der Waals surface area contributed by atoms with Crippen molar-refractivity contribution in [3.05, 3.63) is 77.9 Å². The molecule has 0 unspecified atom stereocenters. The molecule has 104 valence electrons. The van der Waals surface area contributed by atoms with Crippen molar-refractivity contribution in [2.75, 3.05) is 5.32 Å². The zero-order valence-corrected chi connectivity index (χ0v) is 11.9. The molecule has 3 rings (SSSR count). The number of hydrogen-bond acceptors (Lipinski definition) is 3. The number of nitrogens with zero attached hydrogens (tertiary/aromatic N) is 1. The summed E-state index contributed by atoms with van der Waals surface area (Å²) in [6.07, 6.45) is 0. The molecule has 0 aliphatic carbocycles. The van der Waals surface area contributed by atoms with E-state index < -0.39 is 0 Å². The molecule has 0 spiro atoms. The van der Waals surface area contributed by atoms with Crippen molar-refractivity contribution in [3.63, 3.8) is 0 Å². The highest BCUT2D eigenvalue weighted by molar-refractivity contribution is 6.29. The molecule has 0 atom stereocenters. The number of halogens is 1. The Kier molecular flexibility index (Phi) is 4.03. The Morgan fingerprint density at radius 2 is 1.48 bits per heavy atom. The van der Waals surface area contributed by atoms with Gasteiger partial charge in [0.1, 0.15) is 22.5 Å². The third kappa shape index (κ3) is 3.74. The summed E-state index contributed by atoms with van der Waals surface area (Å²) in [6.45, 7) is 0. The van der Waals surface area contributed by atoms with Crippen molar-refractivity contribution < 1.29 is 4.74 Å². The molecular weight excluding hydrogens is 284 g/mol. The summed E-state index contributed by atoms with van der Waals surface area (Å²) < 4.78 is 5.74. The van der Waals surface area contributed by atoms with Crippen molar-refractivity contribution in [3.8, 4) is 11.5 Å². The second-order valence-corrected chi connectivity index (χ2v) is 4.80. The van der Waals surface area contributed by atoms with Crippen LogP contribution in [0.5, 0.6) is 11.5 Å². The van der Waals surface area contributed by atoms with Crippen LogP contribution in [0.3, 0.4) is 0 Å². The molecule has 2 aromatic carbocycles. The smallest absolute Gasteiger partial charge is 0.132 e. The minimum Gasteiger partial charge on any atom is -0.457 e. The van der Waals surface area contributed by atoms with Crippen LogP contribution < -0.4 is 10.1 Å². The monoisotopic (exact) mass is 296 g/mol. The SMILES string of the molecule is Clc1cccc(Nc2ccc(Oc3ccccc3)cc2)n1. The topological polar surface area (TPSA) is 34.1 Å². The molecule has 3 aromatic rings. The van der Waals surface area contributed by atoms with Crippen LogP contribution in [0.2, 0.25) is 5.15 Å². The van der Waals surface area contributed by atoms with E-state index in [0.717, 1.165) is 17.2 Å². The normalized spacial score (nSPS) is 10.1. The van der Waals surface area contributed by atoms with E-state index in [1.165, 1.54) is 0 Å². The van der Waals surface area contributed by atoms with E-state index >= 15 is 0 Å². The average Bonchev–Trinajstić information content (AvgIpc) is 2.50. The fraction of sp³-hybridized carbons (Fsp3) is 0. The number of hydrogen-bond donors (Lipinski definition) is 1. The zero-order valence-electron chi connectivity index (χ0n) is 11.2. The van der Waals surface area contributed by atoms with Crippen LogP contribution in [0, 0.1) is 0 Å². The molecule has 0 aliphatic rings. The first kappa shape index (κ1) is 13.5. The van der Waals surface area contributed by atoms with Crippen molar-refractivity contribution in [2.24, 2.45) is 0 Å². The maximum absolute atomic E-state index is 5.86. The van der Waals surface area contributed by atoms with Gasteiger partial charge in [-0.05, 0) is 48.5 Å².